The molecule has 4 aromatic rings. The number of fused-ring (bicyclic) bond motifs is 5. The van der Waals surface area contributed by atoms with Gasteiger partial charge in [0, 0.05) is 18.0 Å². The number of hydrogen-bond acceptors (Lipinski definition) is 7. The summed E-state index contributed by atoms with van der Waals surface area (Å²) in [6, 6.07) is 7.51. The van der Waals surface area contributed by atoms with Gasteiger partial charge in [-0.2, -0.15) is 4.52 Å². The molecule has 0 bridgehead atoms. The maximum atomic E-state index is 5.86. The molecule has 0 N–H and O–H groups in total. The highest BCUT2D eigenvalue weighted by Gasteiger charge is 2.23. The lowest BCUT2D eigenvalue weighted by Crippen LogP contribution is -2.25. The molecule has 4 heterocycles. The van der Waals surface area contributed by atoms with E-state index < -0.39 is 0 Å². The van der Waals surface area contributed by atoms with Gasteiger partial charge in [0.25, 0.3) is 0 Å². The molecule has 28 heavy (non-hydrogen) atoms. The fraction of sp³-hybridized carbons (Fsp3) is 0.350. The van der Waals surface area contributed by atoms with Crippen molar-refractivity contribution in [2.24, 2.45) is 0 Å². The zero-order chi connectivity index (χ0) is 19.3. The van der Waals surface area contributed by atoms with Crippen LogP contribution in [0.3, 0.4) is 0 Å². The standard InChI is InChI=1S/C20H21N5O2S/c1-12-21-20-18(15-8-9-24(2)10-16(15)28-20)19-22-17(23-25(12)19)11-27-14-6-4-13(26-3)5-7-14/h4-7H,8-11H2,1-3H3. The Balaban J connectivity index is 1.51. The highest BCUT2D eigenvalue weighted by Crippen LogP contribution is 2.36. The summed E-state index contributed by atoms with van der Waals surface area (Å²) in [6.07, 6.45) is 1.02. The zero-order valence-electron chi connectivity index (χ0n) is 16.1. The predicted octanol–water partition coefficient (Wildman–Crippen LogP) is 3.22. The molecule has 7 nitrogen and oxygen atoms in total. The molecule has 0 fully saturated rings. The Kier molecular flexibility index (Phi) is 4.17. The van der Waals surface area contributed by atoms with Crippen LogP contribution in [-0.4, -0.2) is 45.2 Å². The molecule has 5 rings (SSSR count). The SMILES string of the molecule is COc1ccc(OCc2nc3c4c5c(sc4nc(C)n3n2)CN(C)CC5)cc1. The molecule has 0 saturated heterocycles. The number of aryl methyl sites for hydroxylation is 1. The number of aromatic nitrogens is 4. The van der Waals surface area contributed by atoms with Crippen LogP contribution >= 0.6 is 11.3 Å². The van der Waals surface area contributed by atoms with Crippen LogP contribution in [0.25, 0.3) is 15.9 Å². The third-order valence-electron chi connectivity index (χ3n) is 5.10. The van der Waals surface area contributed by atoms with E-state index in [9.17, 15) is 0 Å². The first-order valence-corrected chi connectivity index (χ1v) is 10.1. The van der Waals surface area contributed by atoms with E-state index in [0.29, 0.717) is 12.4 Å². The number of benzene rings is 1. The van der Waals surface area contributed by atoms with Gasteiger partial charge in [-0.1, -0.05) is 0 Å². The minimum absolute atomic E-state index is 0.310. The smallest absolute Gasteiger partial charge is 0.189 e. The van der Waals surface area contributed by atoms with E-state index in [4.69, 9.17) is 19.4 Å². The number of ether oxygens (including phenoxy) is 2. The van der Waals surface area contributed by atoms with Gasteiger partial charge in [0.2, 0.25) is 0 Å². The Hall–Kier alpha value is -2.71. The second-order valence-electron chi connectivity index (χ2n) is 7.06. The average molecular weight is 395 g/mol. The lowest BCUT2D eigenvalue weighted by molar-refractivity contribution is 0.295. The van der Waals surface area contributed by atoms with E-state index >= 15 is 0 Å². The molecule has 0 spiro atoms. The molecule has 1 aliphatic rings. The topological polar surface area (TPSA) is 64.8 Å². The fourth-order valence-electron chi connectivity index (χ4n) is 3.64. The van der Waals surface area contributed by atoms with Gasteiger partial charge >= 0.3 is 0 Å². The van der Waals surface area contributed by atoms with Gasteiger partial charge < -0.3 is 14.4 Å². The quantitative estimate of drug-likeness (QED) is 0.529. The molecule has 3 aromatic heterocycles. The lowest BCUT2D eigenvalue weighted by atomic mass is 10.1. The van der Waals surface area contributed by atoms with Crippen LogP contribution in [0.5, 0.6) is 11.5 Å². The maximum absolute atomic E-state index is 5.86. The largest absolute Gasteiger partial charge is 0.497 e. The van der Waals surface area contributed by atoms with Crippen molar-refractivity contribution in [3.8, 4) is 11.5 Å². The molecule has 0 radical (unpaired) electrons. The van der Waals surface area contributed by atoms with Gasteiger partial charge in [-0.05, 0) is 50.2 Å². The minimum atomic E-state index is 0.310. The number of hydrogen-bond donors (Lipinski definition) is 0. The van der Waals surface area contributed by atoms with E-state index in [0.717, 1.165) is 52.7 Å². The van der Waals surface area contributed by atoms with E-state index in [1.165, 1.54) is 10.4 Å². The van der Waals surface area contributed by atoms with Crippen LogP contribution in [0.1, 0.15) is 22.1 Å². The predicted molar refractivity (Wildman–Crippen MR) is 108 cm³/mol. The van der Waals surface area contributed by atoms with Crippen LogP contribution in [0.4, 0.5) is 0 Å². The van der Waals surface area contributed by atoms with Crippen LogP contribution in [0, 0.1) is 6.92 Å². The lowest BCUT2D eigenvalue weighted by Gasteiger charge is -2.21. The maximum Gasteiger partial charge on any atom is 0.189 e. The van der Waals surface area contributed by atoms with E-state index in [2.05, 4.69) is 17.0 Å². The summed E-state index contributed by atoms with van der Waals surface area (Å²) < 4.78 is 12.9. The molecule has 0 saturated carbocycles. The third kappa shape index (κ3) is 2.89. The van der Waals surface area contributed by atoms with E-state index in [-0.39, 0.29) is 0 Å². The number of nitrogens with zero attached hydrogens (tertiary/aromatic N) is 5. The van der Waals surface area contributed by atoms with Crippen LogP contribution in [0.15, 0.2) is 24.3 Å². The van der Waals surface area contributed by atoms with Gasteiger partial charge in [0.05, 0.1) is 12.5 Å². The van der Waals surface area contributed by atoms with Gasteiger partial charge in [-0.3, -0.25) is 0 Å². The van der Waals surface area contributed by atoms with Crippen molar-refractivity contribution in [3.05, 3.63) is 46.4 Å². The Morgan fingerprint density at radius 2 is 1.93 bits per heavy atom. The summed E-state index contributed by atoms with van der Waals surface area (Å²) in [5, 5.41) is 5.80. The van der Waals surface area contributed by atoms with Crippen LogP contribution in [-0.2, 0) is 19.6 Å². The Morgan fingerprint density at radius 1 is 1.14 bits per heavy atom. The molecule has 1 aliphatic heterocycles. The number of likely N-dealkylation sites (N-methyl/N-ethyl adjacent to an activating group) is 1. The first-order chi connectivity index (χ1) is 13.6. The van der Waals surface area contributed by atoms with Gasteiger partial charge in [0.1, 0.15) is 28.8 Å². The number of methoxy groups -OCH3 is 1. The molecule has 0 amide bonds. The molecule has 0 aliphatic carbocycles. The minimum Gasteiger partial charge on any atom is -0.497 e. The van der Waals surface area contributed by atoms with Crippen molar-refractivity contribution >= 4 is 27.2 Å². The van der Waals surface area contributed by atoms with Crippen molar-refractivity contribution < 1.29 is 9.47 Å². The molecule has 8 heteroatoms. The summed E-state index contributed by atoms with van der Waals surface area (Å²) in [4.78, 5) is 14.4. The molecule has 0 atom stereocenters. The summed E-state index contributed by atoms with van der Waals surface area (Å²) in [7, 11) is 3.81. The summed E-state index contributed by atoms with van der Waals surface area (Å²) in [5.74, 6) is 3.06. The van der Waals surface area contributed by atoms with Crippen LogP contribution in [0.2, 0.25) is 0 Å². The number of rotatable bonds is 4. The molecular formula is C20H21N5O2S. The molecule has 144 valence electrons. The van der Waals surface area contributed by atoms with E-state index in [1.807, 2.05) is 35.7 Å². The first kappa shape index (κ1) is 17.4. The summed E-state index contributed by atoms with van der Waals surface area (Å²) >= 11 is 1.78. The Morgan fingerprint density at radius 3 is 2.71 bits per heavy atom. The normalized spacial score (nSPS) is 14.5. The Labute approximate surface area is 166 Å². The van der Waals surface area contributed by atoms with E-state index in [1.54, 1.807) is 18.4 Å². The second-order valence-corrected chi connectivity index (χ2v) is 8.14. The van der Waals surface area contributed by atoms with Crippen LogP contribution < -0.4 is 9.47 Å². The van der Waals surface area contributed by atoms with Crippen molar-refractivity contribution in [1.82, 2.24) is 24.5 Å². The number of thiophene rings is 1. The van der Waals surface area contributed by atoms with Crippen molar-refractivity contribution in [1.29, 1.82) is 0 Å². The second kappa shape index (κ2) is 6.72. The third-order valence-corrected chi connectivity index (χ3v) is 6.21. The van der Waals surface area contributed by atoms with Gasteiger partial charge in [-0.25, -0.2) is 9.97 Å². The van der Waals surface area contributed by atoms with Crippen molar-refractivity contribution in [2.45, 2.75) is 26.5 Å². The summed E-state index contributed by atoms with van der Waals surface area (Å²) in [6.45, 7) is 4.31. The molecule has 0 unspecified atom stereocenters. The van der Waals surface area contributed by atoms with Crippen molar-refractivity contribution in [2.75, 3.05) is 20.7 Å². The van der Waals surface area contributed by atoms with Crippen molar-refractivity contribution in [3.63, 3.8) is 0 Å². The first-order valence-electron chi connectivity index (χ1n) is 9.24. The molecular weight excluding hydrogens is 374 g/mol. The van der Waals surface area contributed by atoms with Gasteiger partial charge in [-0.15, -0.1) is 16.4 Å². The average Bonchev–Trinajstić information content (AvgIpc) is 3.27. The monoisotopic (exact) mass is 395 g/mol. The summed E-state index contributed by atoms with van der Waals surface area (Å²) in [5.41, 5.74) is 2.27. The highest BCUT2D eigenvalue weighted by molar-refractivity contribution is 7.19. The zero-order valence-corrected chi connectivity index (χ0v) is 16.9. The fourth-order valence-corrected chi connectivity index (χ4v) is 4.98. The molecule has 1 aromatic carbocycles. The van der Waals surface area contributed by atoms with Gasteiger partial charge in [0.15, 0.2) is 11.5 Å². The highest BCUT2D eigenvalue weighted by atomic mass is 32.1. The Bertz CT molecular complexity index is 1170.